The number of H-pyrrole nitrogens is 1. The lowest BCUT2D eigenvalue weighted by Gasteiger charge is -2.26. The summed E-state index contributed by atoms with van der Waals surface area (Å²) in [7, 11) is -4.03. The fourth-order valence-electron chi connectivity index (χ4n) is 4.71. The average molecular weight is 669 g/mol. The number of aromatic amines is 1. The molecule has 0 radical (unpaired) electrons. The van der Waals surface area contributed by atoms with Gasteiger partial charge in [0.2, 0.25) is 5.95 Å². The zero-order valence-electron chi connectivity index (χ0n) is 24.1. The van der Waals surface area contributed by atoms with Crippen LogP contribution >= 0.6 is 19.5 Å². The molecule has 3 aromatic rings. The summed E-state index contributed by atoms with van der Waals surface area (Å²) in [5.74, 6) is 0.00518. The van der Waals surface area contributed by atoms with Crippen molar-refractivity contribution >= 4 is 47.9 Å². The number of aromatic nitrogens is 4. The average Bonchev–Trinajstić information content (AvgIpc) is 3.62. The molecule has 0 aliphatic carbocycles. The van der Waals surface area contributed by atoms with Gasteiger partial charge >= 0.3 is 13.9 Å². The minimum absolute atomic E-state index is 0. The van der Waals surface area contributed by atoms with Gasteiger partial charge in [0.25, 0.3) is 5.56 Å². The standard InChI is InChI=1S/C26H33N6O10PS.CH4/c1-25(2,13-33)22(35)44-10-9-38-43(37,29-11-15-7-5-4-6-8-15)39-12-16-18-26(3,42-24(36)41-18)21(40-16)32-14-28-17-19(32)30-23(27)31-20(17)34;/h4-8,14,16,18,21,33H,9-13H2,1-3H3,(H,29,37)(H3,27,30,31,34);1H4/t16-,18-,21-,26-,43?;/m1./s1. The number of imidazole rings is 1. The van der Waals surface area contributed by atoms with Crippen LogP contribution in [0.5, 0.6) is 0 Å². The number of anilines is 1. The molecule has 2 fully saturated rings. The van der Waals surface area contributed by atoms with E-state index >= 15 is 0 Å². The number of ether oxygens (including phenoxy) is 3. The largest absolute Gasteiger partial charge is 0.509 e. The van der Waals surface area contributed by atoms with Crippen molar-refractivity contribution in [2.75, 3.05) is 31.3 Å². The highest BCUT2D eigenvalue weighted by Crippen LogP contribution is 2.50. The first kappa shape index (κ1) is 34.6. The second-order valence-corrected chi connectivity index (χ2v) is 13.9. The van der Waals surface area contributed by atoms with E-state index in [1.807, 2.05) is 30.3 Å². The topological polar surface area (TPSA) is 219 Å². The number of hydrogen-bond acceptors (Lipinski definition) is 14. The van der Waals surface area contributed by atoms with Crippen LogP contribution in [0.25, 0.3) is 11.2 Å². The SMILES string of the molecule is C.CC(C)(CO)C(=O)SCCOP(=O)(NCc1ccccc1)OC[C@H]1O[C@@H](n2cnc3c(=O)[nH]c(N)nc32)[C@]2(C)OC(=O)O[C@H]12. The monoisotopic (exact) mass is 668 g/mol. The van der Waals surface area contributed by atoms with Crippen LogP contribution in [-0.4, -0.2) is 79.3 Å². The highest BCUT2D eigenvalue weighted by Gasteiger charge is 2.64. The molecule has 45 heavy (non-hydrogen) atoms. The maximum absolute atomic E-state index is 13.9. The van der Waals surface area contributed by atoms with Crippen molar-refractivity contribution in [1.29, 1.82) is 0 Å². The van der Waals surface area contributed by atoms with Crippen molar-refractivity contribution in [2.45, 2.75) is 58.8 Å². The lowest BCUT2D eigenvalue weighted by Crippen LogP contribution is -2.42. The number of nitrogens with one attached hydrogen (secondary N) is 2. The van der Waals surface area contributed by atoms with Gasteiger partial charge in [-0.15, -0.1) is 0 Å². The summed E-state index contributed by atoms with van der Waals surface area (Å²) in [4.78, 5) is 47.6. The first-order chi connectivity index (χ1) is 20.8. The lowest BCUT2D eigenvalue weighted by atomic mass is 9.96. The molecule has 246 valence electrons. The molecule has 0 amide bonds. The number of nitrogen functional groups attached to an aromatic ring is 1. The molecule has 2 aliphatic rings. The predicted octanol–water partition coefficient (Wildman–Crippen LogP) is 2.74. The highest BCUT2D eigenvalue weighted by atomic mass is 32.2. The van der Waals surface area contributed by atoms with Gasteiger partial charge in [0.1, 0.15) is 6.10 Å². The molecule has 5 rings (SSSR count). The van der Waals surface area contributed by atoms with Crippen LogP contribution in [0.4, 0.5) is 10.7 Å². The molecule has 16 nitrogen and oxygen atoms in total. The Morgan fingerprint density at radius 3 is 2.73 bits per heavy atom. The van der Waals surface area contributed by atoms with E-state index in [4.69, 9.17) is 29.0 Å². The van der Waals surface area contributed by atoms with Gasteiger partial charge in [0.05, 0.1) is 31.6 Å². The summed E-state index contributed by atoms with van der Waals surface area (Å²) in [5.41, 5.74) is 3.74. The number of carbonyl (C=O) groups excluding carboxylic acids is 2. The van der Waals surface area contributed by atoms with Gasteiger partial charge in [0.15, 0.2) is 34.2 Å². The maximum Gasteiger partial charge on any atom is 0.509 e. The number of benzene rings is 1. The number of nitrogens with two attached hydrogens (primary N) is 1. The van der Waals surface area contributed by atoms with Gasteiger partial charge in [-0.3, -0.25) is 28.2 Å². The molecule has 1 aromatic carbocycles. The van der Waals surface area contributed by atoms with E-state index in [0.717, 1.165) is 17.3 Å². The summed E-state index contributed by atoms with van der Waals surface area (Å²) in [6, 6.07) is 9.15. The second-order valence-electron chi connectivity index (χ2n) is 11.0. The van der Waals surface area contributed by atoms with E-state index in [2.05, 4.69) is 20.0 Å². The van der Waals surface area contributed by atoms with Crippen molar-refractivity contribution in [2.24, 2.45) is 5.41 Å². The van der Waals surface area contributed by atoms with Crippen LogP contribution in [0.15, 0.2) is 41.5 Å². The number of rotatable bonds is 13. The molecule has 2 aromatic heterocycles. The van der Waals surface area contributed by atoms with Crippen molar-refractivity contribution in [3.05, 3.63) is 52.6 Å². The van der Waals surface area contributed by atoms with E-state index in [1.54, 1.807) is 20.8 Å². The number of aliphatic hydroxyl groups excluding tert-OH is 1. The Kier molecular flexibility index (Phi) is 10.4. The summed E-state index contributed by atoms with van der Waals surface area (Å²) >= 11 is 0.945. The molecule has 1 unspecified atom stereocenters. The molecule has 18 heteroatoms. The van der Waals surface area contributed by atoms with Crippen molar-refractivity contribution in [3.8, 4) is 0 Å². The number of aliphatic hydroxyl groups is 1. The third-order valence-corrected chi connectivity index (χ3v) is 9.92. The van der Waals surface area contributed by atoms with Crippen molar-refractivity contribution < 1.29 is 42.5 Å². The minimum atomic E-state index is -4.03. The Morgan fingerprint density at radius 1 is 1.29 bits per heavy atom. The molecule has 0 bridgehead atoms. The summed E-state index contributed by atoms with van der Waals surface area (Å²) in [5, 5.41) is 12.0. The van der Waals surface area contributed by atoms with Gasteiger partial charge in [-0.25, -0.2) is 19.4 Å². The number of thioether (sulfide) groups is 1. The van der Waals surface area contributed by atoms with E-state index in [-0.39, 0.29) is 61.8 Å². The quantitative estimate of drug-likeness (QED) is 0.117. The second kappa shape index (κ2) is 13.6. The molecule has 2 saturated heterocycles. The summed E-state index contributed by atoms with van der Waals surface area (Å²) < 4.78 is 43.9. The molecule has 0 spiro atoms. The van der Waals surface area contributed by atoms with Gasteiger partial charge < -0.3 is 25.1 Å². The van der Waals surface area contributed by atoms with Gasteiger partial charge in [-0.1, -0.05) is 49.5 Å². The molecule has 4 heterocycles. The van der Waals surface area contributed by atoms with Crippen molar-refractivity contribution in [3.63, 3.8) is 0 Å². The Balaban J connectivity index is 0.00000461. The molecular weight excluding hydrogens is 631 g/mol. The lowest BCUT2D eigenvalue weighted by molar-refractivity contribution is -0.119. The van der Waals surface area contributed by atoms with E-state index in [9.17, 15) is 24.1 Å². The zero-order valence-corrected chi connectivity index (χ0v) is 25.8. The first-order valence-corrected chi connectivity index (χ1v) is 16.1. The molecule has 5 atom stereocenters. The normalized spacial score (nSPS) is 24.0. The van der Waals surface area contributed by atoms with Crippen LogP contribution in [0.2, 0.25) is 0 Å². The number of nitrogens with zero attached hydrogens (tertiary/aromatic N) is 3. The highest BCUT2D eigenvalue weighted by molar-refractivity contribution is 8.13. The third-order valence-electron chi connectivity index (χ3n) is 7.18. The van der Waals surface area contributed by atoms with E-state index in [1.165, 1.54) is 10.9 Å². The number of hydrogen-bond donors (Lipinski definition) is 4. The smallest absolute Gasteiger partial charge is 0.424 e. The fraction of sp³-hybridized carbons (Fsp3) is 0.519. The van der Waals surface area contributed by atoms with E-state index < -0.39 is 48.9 Å². The van der Waals surface area contributed by atoms with Gasteiger partial charge in [0, 0.05) is 12.3 Å². The van der Waals surface area contributed by atoms with Crippen LogP contribution < -0.4 is 16.4 Å². The zero-order chi connectivity index (χ0) is 31.7. The maximum atomic E-state index is 13.9. The van der Waals surface area contributed by atoms with E-state index in [0.29, 0.717) is 0 Å². The molecule has 5 N–H and O–H groups in total. The minimum Gasteiger partial charge on any atom is -0.424 e. The number of fused-ring (bicyclic) bond motifs is 2. The number of carbonyl (C=O) groups is 2. The summed E-state index contributed by atoms with van der Waals surface area (Å²) in [6.07, 6.45) is -2.71. The third kappa shape index (κ3) is 7.25. The fourth-order valence-corrected chi connectivity index (χ4v) is 6.95. The van der Waals surface area contributed by atoms with Crippen LogP contribution in [-0.2, 0) is 39.2 Å². The Hall–Kier alpha value is -3.31. The van der Waals surface area contributed by atoms with Crippen molar-refractivity contribution in [1.82, 2.24) is 24.6 Å². The van der Waals surface area contributed by atoms with Gasteiger partial charge in [-0.2, -0.15) is 4.98 Å². The Labute approximate surface area is 262 Å². The Morgan fingerprint density at radius 2 is 2.02 bits per heavy atom. The predicted molar refractivity (Wildman–Crippen MR) is 164 cm³/mol. The molecule has 2 aliphatic heterocycles. The van der Waals surface area contributed by atoms with Crippen LogP contribution in [0, 0.1) is 5.41 Å². The first-order valence-electron chi connectivity index (χ1n) is 13.6. The Bertz CT molecular complexity index is 1630. The van der Waals surface area contributed by atoms with Crippen LogP contribution in [0.3, 0.4) is 0 Å². The van der Waals surface area contributed by atoms with Crippen LogP contribution in [0.1, 0.15) is 40.0 Å². The van der Waals surface area contributed by atoms with Gasteiger partial charge in [-0.05, 0) is 26.3 Å². The molecular formula is C27H37N6O10PS. The molecule has 0 saturated carbocycles. The summed E-state index contributed by atoms with van der Waals surface area (Å²) in [6.45, 7) is 4.17.